The second-order valence-electron chi connectivity index (χ2n) is 7.09. The highest BCUT2D eigenvalue weighted by Gasteiger charge is 2.36. The van der Waals surface area contributed by atoms with Crippen LogP contribution in [-0.4, -0.2) is 70.8 Å². The Morgan fingerprint density at radius 1 is 1.27 bits per heavy atom. The van der Waals surface area contributed by atoms with Crippen molar-refractivity contribution in [2.24, 2.45) is 0 Å². The van der Waals surface area contributed by atoms with Gasteiger partial charge in [-0.05, 0) is 17.7 Å². The van der Waals surface area contributed by atoms with E-state index in [0.29, 0.717) is 11.2 Å². The Balaban J connectivity index is 1.60. The standard InChI is InChI=1S/C19H21N5O6/c25-7-12-6-14(27)18(30-12)24-9-22-15-16(20-8-21-17(15)24)23-13(19(28)29)5-10-1-3-11(26)4-2-10/h1-4,8-9,12-14,18,25-27H,5-7H2,(H,28,29)(H,20,21,23)/t12-,13+,14?,18+/m0/s1. The van der Waals surface area contributed by atoms with Crippen molar-refractivity contribution in [2.75, 3.05) is 11.9 Å². The highest BCUT2D eigenvalue weighted by Crippen LogP contribution is 2.31. The molecule has 11 heteroatoms. The van der Waals surface area contributed by atoms with Crippen LogP contribution in [0.25, 0.3) is 11.2 Å². The molecule has 1 aliphatic rings. The third-order valence-corrected chi connectivity index (χ3v) is 4.99. The number of nitrogens with one attached hydrogen (secondary N) is 1. The summed E-state index contributed by atoms with van der Waals surface area (Å²) in [5.41, 5.74) is 1.42. The lowest BCUT2D eigenvalue weighted by Crippen LogP contribution is -2.32. The van der Waals surface area contributed by atoms with Crippen LogP contribution in [-0.2, 0) is 16.0 Å². The van der Waals surface area contributed by atoms with E-state index < -0.39 is 30.4 Å². The lowest BCUT2D eigenvalue weighted by atomic mass is 10.1. The number of hydrogen-bond acceptors (Lipinski definition) is 9. The zero-order chi connectivity index (χ0) is 21.3. The van der Waals surface area contributed by atoms with E-state index >= 15 is 0 Å². The second-order valence-corrected chi connectivity index (χ2v) is 7.09. The van der Waals surface area contributed by atoms with Gasteiger partial charge in [-0.2, -0.15) is 0 Å². The number of carbonyl (C=O) groups is 1. The number of nitrogens with zero attached hydrogens (tertiary/aromatic N) is 4. The van der Waals surface area contributed by atoms with Gasteiger partial charge >= 0.3 is 5.97 Å². The molecule has 1 aliphatic heterocycles. The molecule has 0 aliphatic carbocycles. The molecule has 158 valence electrons. The minimum atomic E-state index is -1.07. The van der Waals surface area contributed by atoms with E-state index in [1.54, 1.807) is 12.1 Å². The van der Waals surface area contributed by atoms with Gasteiger partial charge in [0, 0.05) is 12.8 Å². The number of phenolic OH excluding ortho intramolecular Hbond substituents is 1. The summed E-state index contributed by atoms with van der Waals surface area (Å²) in [5.74, 6) is -0.743. The number of benzene rings is 1. The number of aliphatic carboxylic acids is 1. The number of rotatable bonds is 7. The number of aliphatic hydroxyl groups is 2. The molecule has 0 amide bonds. The molecule has 1 aromatic carbocycles. The molecule has 0 radical (unpaired) electrons. The number of phenols is 1. The SMILES string of the molecule is O=C(O)[C@@H](Cc1ccc(O)cc1)Nc1ncnc2c1ncn2[C@@H]1O[C@H](CO)CC1O. The van der Waals surface area contributed by atoms with Gasteiger partial charge in [-0.25, -0.2) is 19.7 Å². The highest BCUT2D eigenvalue weighted by molar-refractivity contribution is 5.86. The molecule has 3 aromatic rings. The van der Waals surface area contributed by atoms with Crippen molar-refractivity contribution in [1.82, 2.24) is 19.5 Å². The fourth-order valence-electron chi connectivity index (χ4n) is 3.47. The van der Waals surface area contributed by atoms with Crippen LogP contribution in [0.1, 0.15) is 18.2 Å². The van der Waals surface area contributed by atoms with E-state index in [2.05, 4.69) is 20.3 Å². The molecule has 1 fully saturated rings. The van der Waals surface area contributed by atoms with Crippen molar-refractivity contribution >= 4 is 23.0 Å². The zero-order valence-electron chi connectivity index (χ0n) is 15.8. The molecule has 0 spiro atoms. The normalized spacial score (nSPS) is 22.3. The summed E-state index contributed by atoms with van der Waals surface area (Å²) in [6, 6.07) is 5.28. The minimum absolute atomic E-state index is 0.0985. The van der Waals surface area contributed by atoms with Crippen LogP contribution in [0.2, 0.25) is 0 Å². The van der Waals surface area contributed by atoms with E-state index in [9.17, 15) is 25.2 Å². The Hall–Kier alpha value is -3.28. The summed E-state index contributed by atoms with van der Waals surface area (Å²) in [4.78, 5) is 24.4. The summed E-state index contributed by atoms with van der Waals surface area (Å²) in [7, 11) is 0. The third kappa shape index (κ3) is 3.90. The van der Waals surface area contributed by atoms with E-state index in [1.807, 2.05) is 0 Å². The quantitative estimate of drug-likeness (QED) is 0.362. The van der Waals surface area contributed by atoms with Gasteiger partial charge in [-0.3, -0.25) is 4.57 Å². The lowest BCUT2D eigenvalue weighted by molar-refractivity contribution is -0.137. The van der Waals surface area contributed by atoms with Crippen LogP contribution in [0.3, 0.4) is 0 Å². The molecular formula is C19H21N5O6. The summed E-state index contributed by atoms with van der Waals surface area (Å²) >= 11 is 0. The number of ether oxygens (including phenoxy) is 1. The van der Waals surface area contributed by atoms with Gasteiger partial charge in [-0.1, -0.05) is 12.1 Å². The van der Waals surface area contributed by atoms with Gasteiger partial charge in [0.05, 0.1) is 19.0 Å². The summed E-state index contributed by atoms with van der Waals surface area (Å²) in [5, 5.41) is 41.4. The molecule has 5 N–H and O–H groups in total. The Morgan fingerprint density at radius 3 is 2.70 bits per heavy atom. The summed E-state index contributed by atoms with van der Waals surface area (Å²) in [6.45, 7) is -0.209. The van der Waals surface area contributed by atoms with Gasteiger partial charge in [-0.15, -0.1) is 0 Å². The van der Waals surface area contributed by atoms with E-state index in [0.717, 1.165) is 5.56 Å². The van der Waals surface area contributed by atoms with Crippen molar-refractivity contribution < 1.29 is 30.0 Å². The van der Waals surface area contributed by atoms with Crippen molar-refractivity contribution in [1.29, 1.82) is 0 Å². The molecule has 4 atom stereocenters. The Labute approximate surface area is 170 Å². The number of aromatic nitrogens is 4. The van der Waals surface area contributed by atoms with E-state index in [1.165, 1.54) is 29.4 Å². The smallest absolute Gasteiger partial charge is 0.326 e. The minimum Gasteiger partial charge on any atom is -0.508 e. The van der Waals surface area contributed by atoms with Gasteiger partial charge in [0.15, 0.2) is 23.2 Å². The molecule has 30 heavy (non-hydrogen) atoms. The molecule has 0 bridgehead atoms. The number of carboxylic acids is 1. The van der Waals surface area contributed by atoms with Crippen molar-refractivity contribution in [3.8, 4) is 5.75 Å². The maximum atomic E-state index is 11.8. The first-order valence-corrected chi connectivity index (χ1v) is 9.35. The molecular weight excluding hydrogens is 394 g/mol. The first kappa shape index (κ1) is 20.0. The average Bonchev–Trinajstić information content (AvgIpc) is 3.32. The topological polar surface area (TPSA) is 163 Å². The molecule has 11 nitrogen and oxygen atoms in total. The van der Waals surface area contributed by atoms with E-state index in [-0.39, 0.29) is 31.0 Å². The molecule has 2 aromatic heterocycles. The predicted octanol–water partition coefficient (Wildman–Crippen LogP) is 0.280. The predicted molar refractivity (Wildman–Crippen MR) is 104 cm³/mol. The average molecular weight is 415 g/mol. The zero-order valence-corrected chi connectivity index (χ0v) is 15.8. The van der Waals surface area contributed by atoms with Crippen LogP contribution >= 0.6 is 0 Å². The highest BCUT2D eigenvalue weighted by atomic mass is 16.5. The van der Waals surface area contributed by atoms with Crippen LogP contribution in [0.15, 0.2) is 36.9 Å². The summed E-state index contributed by atoms with van der Waals surface area (Å²) < 4.78 is 7.19. The van der Waals surface area contributed by atoms with Gasteiger partial charge < -0.3 is 30.5 Å². The second kappa shape index (κ2) is 8.22. The van der Waals surface area contributed by atoms with E-state index in [4.69, 9.17) is 4.74 Å². The van der Waals surface area contributed by atoms with Crippen molar-refractivity contribution in [2.45, 2.75) is 37.3 Å². The number of fused-ring (bicyclic) bond motifs is 1. The number of aromatic hydroxyl groups is 1. The number of hydrogen-bond donors (Lipinski definition) is 5. The summed E-state index contributed by atoms with van der Waals surface area (Å²) in [6.07, 6.45) is 1.06. The first-order chi connectivity index (χ1) is 14.5. The largest absolute Gasteiger partial charge is 0.508 e. The fourth-order valence-corrected chi connectivity index (χ4v) is 3.47. The maximum Gasteiger partial charge on any atom is 0.326 e. The Morgan fingerprint density at radius 2 is 2.03 bits per heavy atom. The molecule has 1 unspecified atom stereocenters. The Bertz CT molecular complexity index is 1040. The first-order valence-electron chi connectivity index (χ1n) is 9.35. The maximum absolute atomic E-state index is 11.8. The Kier molecular flexibility index (Phi) is 5.48. The molecule has 3 heterocycles. The molecule has 4 rings (SSSR count). The number of imidazole rings is 1. The number of aliphatic hydroxyl groups excluding tert-OH is 2. The molecule has 0 saturated carbocycles. The molecule has 1 saturated heterocycles. The number of carboxylic acid groups (broad SMARTS) is 1. The van der Waals surface area contributed by atoms with Gasteiger partial charge in [0.25, 0.3) is 0 Å². The van der Waals surface area contributed by atoms with Crippen LogP contribution in [0.5, 0.6) is 5.75 Å². The van der Waals surface area contributed by atoms with Gasteiger partial charge in [0.1, 0.15) is 24.2 Å². The van der Waals surface area contributed by atoms with Gasteiger partial charge in [0.2, 0.25) is 0 Å². The third-order valence-electron chi connectivity index (χ3n) is 4.99. The number of anilines is 1. The van der Waals surface area contributed by atoms with Crippen LogP contribution < -0.4 is 5.32 Å². The van der Waals surface area contributed by atoms with Crippen LogP contribution in [0, 0.1) is 0 Å². The van der Waals surface area contributed by atoms with Crippen molar-refractivity contribution in [3.63, 3.8) is 0 Å². The monoisotopic (exact) mass is 415 g/mol. The van der Waals surface area contributed by atoms with Crippen molar-refractivity contribution in [3.05, 3.63) is 42.5 Å². The lowest BCUT2D eigenvalue weighted by Gasteiger charge is -2.17. The fraction of sp³-hybridized carbons (Fsp3) is 0.368. The van der Waals surface area contributed by atoms with Crippen LogP contribution in [0.4, 0.5) is 5.82 Å².